The summed E-state index contributed by atoms with van der Waals surface area (Å²) in [6.45, 7) is 2.21. The second kappa shape index (κ2) is 7.56. The standard InChI is InChI=1S/C15H18BrClN2OS/c1-9-4-2-3-5-13(9)18-15(21)19-14(20)11-8-10(16)6-7-12(11)17/h6-9,13H,2-5H2,1H3,(H2,18,19,20,21)/t9-,13-/m1/s1. The van der Waals surface area contributed by atoms with E-state index in [1.54, 1.807) is 18.2 Å². The quantitative estimate of drug-likeness (QED) is 0.742. The summed E-state index contributed by atoms with van der Waals surface area (Å²) >= 11 is 14.6. The Morgan fingerprint density at radius 2 is 2.10 bits per heavy atom. The number of thiocarbonyl (C=S) groups is 1. The molecular weight excluding hydrogens is 372 g/mol. The Morgan fingerprint density at radius 1 is 1.38 bits per heavy atom. The topological polar surface area (TPSA) is 41.1 Å². The Morgan fingerprint density at radius 3 is 2.81 bits per heavy atom. The molecule has 0 bridgehead atoms. The lowest BCUT2D eigenvalue weighted by Crippen LogP contribution is -2.47. The number of hydrogen-bond acceptors (Lipinski definition) is 2. The van der Waals surface area contributed by atoms with Crippen molar-refractivity contribution < 1.29 is 4.79 Å². The van der Waals surface area contributed by atoms with Gasteiger partial charge in [0.1, 0.15) is 0 Å². The van der Waals surface area contributed by atoms with E-state index >= 15 is 0 Å². The van der Waals surface area contributed by atoms with Crippen molar-refractivity contribution in [2.45, 2.75) is 38.6 Å². The van der Waals surface area contributed by atoms with Crippen LogP contribution in [0.3, 0.4) is 0 Å². The van der Waals surface area contributed by atoms with Gasteiger partial charge in [0.05, 0.1) is 10.6 Å². The fourth-order valence-corrected chi connectivity index (χ4v) is 3.39. The average Bonchev–Trinajstić information content (AvgIpc) is 2.44. The number of rotatable bonds is 2. The fraction of sp³-hybridized carbons (Fsp3) is 0.467. The van der Waals surface area contributed by atoms with E-state index < -0.39 is 0 Å². The van der Waals surface area contributed by atoms with Crippen LogP contribution in [0, 0.1) is 5.92 Å². The van der Waals surface area contributed by atoms with Crippen LogP contribution in [0.15, 0.2) is 22.7 Å². The summed E-state index contributed by atoms with van der Waals surface area (Å²) in [6, 6.07) is 5.49. The van der Waals surface area contributed by atoms with Crippen LogP contribution in [-0.4, -0.2) is 17.1 Å². The van der Waals surface area contributed by atoms with Gasteiger partial charge in [0, 0.05) is 10.5 Å². The third-order valence-corrected chi connectivity index (χ3v) is 4.87. The molecule has 1 amide bonds. The lowest BCUT2D eigenvalue weighted by molar-refractivity contribution is 0.0976. The first-order valence-corrected chi connectivity index (χ1v) is 8.62. The summed E-state index contributed by atoms with van der Waals surface area (Å²) in [6.07, 6.45) is 4.77. The lowest BCUT2D eigenvalue weighted by atomic mass is 9.86. The van der Waals surface area contributed by atoms with Crippen molar-refractivity contribution in [3.05, 3.63) is 33.3 Å². The molecule has 1 aliphatic rings. The van der Waals surface area contributed by atoms with Crippen LogP contribution in [-0.2, 0) is 0 Å². The minimum atomic E-state index is -0.290. The van der Waals surface area contributed by atoms with Gasteiger partial charge in [-0.15, -0.1) is 0 Å². The molecule has 1 aliphatic carbocycles. The van der Waals surface area contributed by atoms with E-state index in [4.69, 9.17) is 23.8 Å². The molecule has 0 radical (unpaired) electrons. The van der Waals surface area contributed by atoms with Crippen molar-refractivity contribution in [2.24, 2.45) is 5.92 Å². The van der Waals surface area contributed by atoms with Gasteiger partial charge in [-0.1, -0.05) is 47.3 Å². The summed E-state index contributed by atoms with van der Waals surface area (Å²) in [5, 5.41) is 6.73. The van der Waals surface area contributed by atoms with Crippen LogP contribution in [0.1, 0.15) is 43.0 Å². The summed E-state index contributed by atoms with van der Waals surface area (Å²) in [5.74, 6) is 0.283. The molecule has 6 heteroatoms. The summed E-state index contributed by atoms with van der Waals surface area (Å²) in [7, 11) is 0. The molecule has 0 spiro atoms. The van der Waals surface area contributed by atoms with E-state index in [9.17, 15) is 4.79 Å². The maximum Gasteiger partial charge on any atom is 0.258 e. The number of carbonyl (C=O) groups is 1. The average molecular weight is 390 g/mol. The third-order valence-electron chi connectivity index (χ3n) is 3.83. The minimum Gasteiger partial charge on any atom is -0.359 e. The highest BCUT2D eigenvalue weighted by atomic mass is 79.9. The smallest absolute Gasteiger partial charge is 0.258 e. The molecule has 21 heavy (non-hydrogen) atoms. The van der Waals surface area contributed by atoms with Gasteiger partial charge in [-0.3, -0.25) is 10.1 Å². The van der Waals surface area contributed by atoms with Crippen LogP contribution in [0.25, 0.3) is 0 Å². The molecule has 2 atom stereocenters. The van der Waals surface area contributed by atoms with Crippen molar-refractivity contribution in [2.75, 3.05) is 0 Å². The molecule has 1 fully saturated rings. The fourth-order valence-electron chi connectivity index (χ4n) is 2.58. The molecule has 2 rings (SSSR count). The molecule has 114 valence electrons. The Bertz CT molecular complexity index is 552. The van der Waals surface area contributed by atoms with Gasteiger partial charge < -0.3 is 5.32 Å². The first-order valence-electron chi connectivity index (χ1n) is 7.04. The Hall–Kier alpha value is -0.650. The number of hydrogen-bond donors (Lipinski definition) is 2. The van der Waals surface area contributed by atoms with E-state index in [0.717, 1.165) is 10.9 Å². The van der Waals surface area contributed by atoms with Gasteiger partial charge in [0.15, 0.2) is 5.11 Å². The van der Waals surface area contributed by atoms with E-state index in [1.807, 2.05) is 0 Å². The Kier molecular flexibility index (Phi) is 6.02. The Balaban J connectivity index is 1.95. The molecule has 2 N–H and O–H groups in total. The number of amides is 1. The number of halogens is 2. The van der Waals surface area contributed by atoms with E-state index in [0.29, 0.717) is 27.7 Å². The molecular formula is C15H18BrClN2OS. The summed E-state index contributed by atoms with van der Waals surface area (Å²) in [5.41, 5.74) is 0.409. The zero-order chi connectivity index (χ0) is 15.4. The number of benzene rings is 1. The molecule has 3 nitrogen and oxygen atoms in total. The molecule has 0 unspecified atom stereocenters. The van der Waals surface area contributed by atoms with Gasteiger partial charge in [-0.05, 0) is 49.2 Å². The van der Waals surface area contributed by atoms with E-state index in [-0.39, 0.29) is 5.91 Å². The van der Waals surface area contributed by atoms with Crippen molar-refractivity contribution in [3.63, 3.8) is 0 Å². The van der Waals surface area contributed by atoms with Crippen LogP contribution >= 0.6 is 39.7 Å². The first kappa shape index (κ1) is 16.7. The van der Waals surface area contributed by atoms with Gasteiger partial charge in [-0.2, -0.15) is 0 Å². The minimum absolute atomic E-state index is 0.290. The molecule has 1 aromatic rings. The SMILES string of the molecule is C[C@@H]1CCCC[C@H]1NC(=S)NC(=O)c1cc(Br)ccc1Cl. The van der Waals surface area contributed by atoms with Crippen LogP contribution < -0.4 is 10.6 Å². The molecule has 0 saturated heterocycles. The first-order chi connectivity index (χ1) is 9.97. The van der Waals surface area contributed by atoms with Crippen molar-refractivity contribution in [1.82, 2.24) is 10.6 Å². The van der Waals surface area contributed by atoms with E-state index in [2.05, 4.69) is 33.5 Å². The van der Waals surface area contributed by atoms with Gasteiger partial charge in [0.25, 0.3) is 5.91 Å². The maximum atomic E-state index is 12.2. The second-order valence-corrected chi connectivity index (χ2v) is 7.15. The van der Waals surface area contributed by atoms with E-state index in [1.165, 1.54) is 19.3 Å². The summed E-state index contributed by atoms with van der Waals surface area (Å²) in [4.78, 5) is 12.2. The predicted molar refractivity (Wildman–Crippen MR) is 93.8 cm³/mol. The normalized spacial score (nSPS) is 21.7. The lowest BCUT2D eigenvalue weighted by Gasteiger charge is -2.30. The van der Waals surface area contributed by atoms with Gasteiger partial charge in [-0.25, -0.2) is 0 Å². The van der Waals surface area contributed by atoms with Crippen LogP contribution in [0.5, 0.6) is 0 Å². The third kappa shape index (κ3) is 4.66. The molecule has 0 aromatic heterocycles. The zero-order valence-electron chi connectivity index (χ0n) is 11.8. The number of carbonyl (C=O) groups excluding carboxylic acids is 1. The zero-order valence-corrected chi connectivity index (χ0v) is 14.9. The summed E-state index contributed by atoms with van der Waals surface area (Å²) < 4.78 is 0.803. The highest BCUT2D eigenvalue weighted by Gasteiger charge is 2.22. The van der Waals surface area contributed by atoms with Crippen molar-refractivity contribution in [3.8, 4) is 0 Å². The highest BCUT2D eigenvalue weighted by Crippen LogP contribution is 2.24. The van der Waals surface area contributed by atoms with Gasteiger partial charge in [0.2, 0.25) is 0 Å². The molecule has 0 aliphatic heterocycles. The Labute approximate surface area is 144 Å². The van der Waals surface area contributed by atoms with Crippen molar-refractivity contribution in [1.29, 1.82) is 0 Å². The van der Waals surface area contributed by atoms with Crippen LogP contribution in [0.4, 0.5) is 0 Å². The molecule has 1 saturated carbocycles. The molecule has 0 heterocycles. The van der Waals surface area contributed by atoms with Crippen LogP contribution in [0.2, 0.25) is 5.02 Å². The monoisotopic (exact) mass is 388 g/mol. The number of nitrogens with one attached hydrogen (secondary N) is 2. The largest absolute Gasteiger partial charge is 0.359 e. The molecule has 1 aromatic carbocycles. The maximum absolute atomic E-state index is 12.2. The second-order valence-electron chi connectivity index (χ2n) is 5.42. The highest BCUT2D eigenvalue weighted by molar-refractivity contribution is 9.10. The predicted octanol–water partition coefficient (Wildman–Crippen LogP) is 4.29. The van der Waals surface area contributed by atoms with Crippen molar-refractivity contribution >= 4 is 50.8 Å². The van der Waals surface area contributed by atoms with Gasteiger partial charge >= 0.3 is 0 Å².